The molecular formula is C21H21ClN6O2S. The molecule has 0 amide bonds. The van der Waals surface area contributed by atoms with E-state index in [2.05, 4.69) is 27.2 Å². The molecule has 1 fully saturated rings. The van der Waals surface area contributed by atoms with Gasteiger partial charge >= 0.3 is 0 Å². The Labute approximate surface area is 185 Å². The number of rotatable bonds is 4. The SMILES string of the molecule is CN1CCC(n2cc(-c3cn(S(=O)(=O)c4ccccc4)c4nnc(Cl)cc34)cn2)CC1. The van der Waals surface area contributed by atoms with E-state index >= 15 is 0 Å². The van der Waals surface area contributed by atoms with Gasteiger partial charge < -0.3 is 4.90 Å². The van der Waals surface area contributed by atoms with Gasteiger partial charge in [0.05, 0.1) is 17.1 Å². The molecule has 0 bridgehead atoms. The van der Waals surface area contributed by atoms with Crippen molar-refractivity contribution >= 4 is 32.7 Å². The minimum absolute atomic E-state index is 0.178. The van der Waals surface area contributed by atoms with E-state index in [4.69, 9.17) is 11.6 Å². The predicted octanol–water partition coefficient (Wildman–Crippen LogP) is 3.45. The number of fused-ring (bicyclic) bond motifs is 1. The second-order valence-corrected chi connectivity index (χ2v) is 10.0. The fourth-order valence-electron chi connectivity index (χ4n) is 4.03. The summed E-state index contributed by atoms with van der Waals surface area (Å²) in [4.78, 5) is 2.49. The summed E-state index contributed by atoms with van der Waals surface area (Å²) in [5.74, 6) is 0. The fourth-order valence-corrected chi connectivity index (χ4v) is 5.51. The molecule has 1 saturated heterocycles. The molecule has 1 aliphatic heterocycles. The van der Waals surface area contributed by atoms with Crippen molar-refractivity contribution in [1.82, 2.24) is 28.9 Å². The van der Waals surface area contributed by atoms with Crippen molar-refractivity contribution in [2.75, 3.05) is 20.1 Å². The van der Waals surface area contributed by atoms with Crippen LogP contribution in [0.15, 0.2) is 59.9 Å². The van der Waals surface area contributed by atoms with Gasteiger partial charge in [-0.15, -0.1) is 10.2 Å². The highest BCUT2D eigenvalue weighted by Gasteiger charge is 2.25. The first-order valence-electron chi connectivity index (χ1n) is 10.0. The van der Waals surface area contributed by atoms with Crippen LogP contribution >= 0.6 is 11.6 Å². The van der Waals surface area contributed by atoms with Crippen LogP contribution in [-0.2, 0) is 10.0 Å². The maximum absolute atomic E-state index is 13.3. The van der Waals surface area contributed by atoms with Crippen LogP contribution in [0.1, 0.15) is 18.9 Å². The van der Waals surface area contributed by atoms with Crippen LogP contribution in [-0.4, -0.2) is 57.4 Å². The first kappa shape index (κ1) is 20.2. The minimum atomic E-state index is -3.85. The van der Waals surface area contributed by atoms with Gasteiger partial charge in [-0.1, -0.05) is 29.8 Å². The highest BCUT2D eigenvalue weighted by atomic mass is 35.5. The van der Waals surface area contributed by atoms with E-state index in [0.29, 0.717) is 17.0 Å². The van der Waals surface area contributed by atoms with Crippen LogP contribution in [0.4, 0.5) is 0 Å². The van der Waals surface area contributed by atoms with Gasteiger partial charge in [-0.2, -0.15) is 5.10 Å². The zero-order valence-electron chi connectivity index (χ0n) is 16.9. The monoisotopic (exact) mass is 456 g/mol. The maximum Gasteiger partial charge on any atom is 0.269 e. The summed E-state index contributed by atoms with van der Waals surface area (Å²) < 4.78 is 29.7. The largest absolute Gasteiger partial charge is 0.306 e. The third kappa shape index (κ3) is 3.62. The van der Waals surface area contributed by atoms with Crippen LogP contribution in [0.3, 0.4) is 0 Å². The van der Waals surface area contributed by atoms with Gasteiger partial charge in [0.2, 0.25) is 0 Å². The Morgan fingerprint density at radius 2 is 1.81 bits per heavy atom. The molecule has 160 valence electrons. The van der Waals surface area contributed by atoms with Crippen LogP contribution in [0.5, 0.6) is 0 Å². The molecule has 10 heteroatoms. The summed E-state index contributed by atoms with van der Waals surface area (Å²) in [5.41, 5.74) is 1.75. The lowest BCUT2D eigenvalue weighted by molar-refractivity contribution is 0.212. The molecule has 1 aromatic carbocycles. The number of likely N-dealkylation sites (tertiary alicyclic amines) is 1. The predicted molar refractivity (Wildman–Crippen MR) is 119 cm³/mol. The first-order valence-corrected chi connectivity index (χ1v) is 11.8. The van der Waals surface area contributed by atoms with Gasteiger partial charge in [-0.3, -0.25) is 4.68 Å². The molecule has 3 aromatic heterocycles. The maximum atomic E-state index is 13.3. The molecule has 0 atom stereocenters. The molecule has 31 heavy (non-hydrogen) atoms. The van der Waals surface area contributed by atoms with Gasteiger partial charge in [0.1, 0.15) is 0 Å². The summed E-state index contributed by atoms with van der Waals surface area (Å²) in [5, 5.41) is 13.3. The lowest BCUT2D eigenvalue weighted by Crippen LogP contribution is -2.31. The number of aromatic nitrogens is 5. The van der Waals surface area contributed by atoms with Crippen molar-refractivity contribution in [3.63, 3.8) is 0 Å². The number of benzene rings is 1. The van der Waals surface area contributed by atoms with Gasteiger partial charge in [0.15, 0.2) is 10.8 Å². The zero-order valence-corrected chi connectivity index (χ0v) is 18.5. The Morgan fingerprint density at radius 3 is 2.55 bits per heavy atom. The minimum Gasteiger partial charge on any atom is -0.306 e. The van der Waals surface area contributed by atoms with Gasteiger partial charge in [0, 0.05) is 28.9 Å². The van der Waals surface area contributed by atoms with E-state index in [0.717, 1.165) is 31.5 Å². The first-order chi connectivity index (χ1) is 14.9. The van der Waals surface area contributed by atoms with E-state index in [1.807, 2.05) is 10.9 Å². The normalized spacial score (nSPS) is 16.2. The van der Waals surface area contributed by atoms with E-state index < -0.39 is 10.0 Å². The third-order valence-electron chi connectivity index (χ3n) is 5.76. The smallest absolute Gasteiger partial charge is 0.269 e. The Balaban J connectivity index is 1.62. The number of nitrogens with zero attached hydrogens (tertiary/aromatic N) is 6. The van der Waals surface area contributed by atoms with E-state index in [9.17, 15) is 8.42 Å². The highest BCUT2D eigenvalue weighted by Crippen LogP contribution is 2.33. The average molecular weight is 457 g/mol. The summed E-state index contributed by atoms with van der Waals surface area (Å²) in [7, 11) is -1.72. The number of halogens is 1. The molecule has 5 rings (SSSR count). The molecule has 0 unspecified atom stereocenters. The highest BCUT2D eigenvalue weighted by molar-refractivity contribution is 7.90. The summed E-state index contributed by atoms with van der Waals surface area (Å²) >= 11 is 6.10. The van der Waals surface area contributed by atoms with Crippen molar-refractivity contribution in [1.29, 1.82) is 0 Å². The van der Waals surface area contributed by atoms with Crippen molar-refractivity contribution in [3.8, 4) is 11.1 Å². The van der Waals surface area contributed by atoms with Crippen molar-refractivity contribution in [2.45, 2.75) is 23.8 Å². The molecule has 0 spiro atoms. The number of hydrogen-bond acceptors (Lipinski definition) is 6. The summed E-state index contributed by atoms with van der Waals surface area (Å²) in [6, 6.07) is 10.2. The molecule has 0 N–H and O–H groups in total. The van der Waals surface area contributed by atoms with Crippen LogP contribution in [0, 0.1) is 0 Å². The topological polar surface area (TPSA) is 85.9 Å². The van der Waals surface area contributed by atoms with Crippen molar-refractivity contribution in [2.24, 2.45) is 0 Å². The average Bonchev–Trinajstić information content (AvgIpc) is 3.40. The van der Waals surface area contributed by atoms with Gasteiger partial charge in [-0.25, -0.2) is 12.4 Å². The van der Waals surface area contributed by atoms with E-state index in [-0.39, 0.29) is 15.7 Å². The zero-order chi connectivity index (χ0) is 21.6. The quantitative estimate of drug-likeness (QED) is 0.467. The third-order valence-corrected chi connectivity index (χ3v) is 7.61. The second-order valence-electron chi connectivity index (χ2n) is 7.80. The fraction of sp³-hybridized carbons (Fsp3) is 0.286. The number of piperidine rings is 1. The van der Waals surface area contributed by atoms with Crippen LogP contribution in [0.25, 0.3) is 22.2 Å². The summed E-state index contributed by atoms with van der Waals surface area (Å²) in [6.45, 7) is 2.05. The molecular weight excluding hydrogens is 436 g/mol. The molecule has 4 aromatic rings. The van der Waals surface area contributed by atoms with Crippen molar-refractivity contribution in [3.05, 3.63) is 60.1 Å². The molecule has 0 aliphatic carbocycles. The molecule has 1 aliphatic rings. The van der Waals surface area contributed by atoms with Crippen molar-refractivity contribution < 1.29 is 8.42 Å². The van der Waals surface area contributed by atoms with Crippen LogP contribution < -0.4 is 0 Å². The Hall–Kier alpha value is -2.75. The molecule has 8 nitrogen and oxygen atoms in total. The summed E-state index contributed by atoms with van der Waals surface area (Å²) in [6.07, 6.45) is 7.37. The van der Waals surface area contributed by atoms with E-state index in [1.54, 1.807) is 48.8 Å². The standard InChI is InChI=1S/C21H21ClN6O2S/c1-26-9-7-16(8-10-26)27-13-15(12-23-27)19-14-28(21-18(19)11-20(22)24-25-21)31(29,30)17-5-3-2-4-6-17/h2-6,11-14,16H,7-10H2,1H3. The Morgan fingerprint density at radius 1 is 1.06 bits per heavy atom. The molecule has 4 heterocycles. The Kier molecular flexibility index (Phi) is 5.04. The van der Waals surface area contributed by atoms with Gasteiger partial charge in [0.25, 0.3) is 10.0 Å². The second kappa shape index (κ2) is 7.74. The lowest BCUT2D eigenvalue weighted by Gasteiger charge is -2.28. The Bertz CT molecular complexity index is 1340. The number of hydrogen-bond donors (Lipinski definition) is 0. The lowest BCUT2D eigenvalue weighted by atomic mass is 10.1. The molecule has 0 radical (unpaired) electrons. The molecule has 0 saturated carbocycles. The van der Waals surface area contributed by atoms with Gasteiger partial charge in [-0.05, 0) is 51.2 Å². The van der Waals surface area contributed by atoms with Crippen LogP contribution in [0.2, 0.25) is 5.15 Å². The van der Waals surface area contributed by atoms with E-state index in [1.165, 1.54) is 3.97 Å².